The molecule has 160 valence electrons. The third-order valence-corrected chi connectivity index (χ3v) is 65.9. The minimum atomic E-state index is -3.10. The summed E-state index contributed by atoms with van der Waals surface area (Å²) in [6.45, 7) is 39.1. The normalized spacial score (nSPS) is 34.9. The number of rotatable bonds is 0. The predicted octanol–water partition coefficient (Wildman–Crippen LogP) is 5.95. The molecule has 27 heavy (non-hydrogen) atoms. The Balaban J connectivity index is 3.03. The predicted molar refractivity (Wildman–Crippen MR) is 133 cm³/mol. The van der Waals surface area contributed by atoms with Gasteiger partial charge >= 0.3 is 180 Å². The van der Waals surface area contributed by atoms with E-state index >= 15 is 0 Å². The Morgan fingerprint density at radius 1 is 0.519 bits per heavy atom. The maximum atomic E-state index is 3.24. The number of hydrogen-bond donors (Lipinski definition) is 0. The van der Waals surface area contributed by atoms with Crippen molar-refractivity contribution >= 4 is 43.9 Å². The summed E-state index contributed by atoms with van der Waals surface area (Å²) in [4.78, 5) is 3.76. The second kappa shape index (κ2) is 6.19. The summed E-state index contributed by atoms with van der Waals surface area (Å²) >= 11 is -3.10. The van der Waals surface area contributed by atoms with Gasteiger partial charge in [0.1, 0.15) is 0 Å². The van der Waals surface area contributed by atoms with E-state index in [0.29, 0.717) is 0 Å². The van der Waals surface area contributed by atoms with Gasteiger partial charge in [0.2, 0.25) is 0 Å². The fourth-order valence-corrected chi connectivity index (χ4v) is 98.3. The zero-order chi connectivity index (χ0) is 21.8. The molecular formula is C20H49N3Si3Sn. The number of nitrogens with zero attached hydrogens (tertiary/aromatic N) is 3. The van der Waals surface area contributed by atoms with Crippen LogP contribution in [0.1, 0.15) is 62.3 Å². The topological polar surface area (TPSA) is 9.72 Å². The summed E-state index contributed by atoms with van der Waals surface area (Å²) in [5.41, 5.74) is 0.755. The van der Waals surface area contributed by atoms with Crippen LogP contribution in [0.15, 0.2) is 0 Å². The molecule has 7 heteroatoms. The van der Waals surface area contributed by atoms with Crippen LogP contribution < -0.4 is 0 Å². The van der Waals surface area contributed by atoms with Gasteiger partial charge in [-0.3, -0.25) is 0 Å². The van der Waals surface area contributed by atoms with Crippen molar-refractivity contribution in [1.29, 1.82) is 0 Å². The first-order chi connectivity index (χ1) is 11.5. The summed E-state index contributed by atoms with van der Waals surface area (Å²) < 4.78 is 9.73. The van der Waals surface area contributed by atoms with E-state index in [4.69, 9.17) is 0 Å². The first-order valence-corrected chi connectivity index (χ1v) is 26.6. The van der Waals surface area contributed by atoms with Gasteiger partial charge in [0, 0.05) is 0 Å². The van der Waals surface area contributed by atoms with Gasteiger partial charge < -0.3 is 0 Å². The van der Waals surface area contributed by atoms with Crippen molar-refractivity contribution in [2.75, 3.05) is 0 Å². The molecule has 3 nitrogen and oxygen atoms in total. The fourth-order valence-electron chi connectivity index (χ4n) is 9.42. The second-order valence-electron chi connectivity index (χ2n) is 13.9. The zero-order valence-corrected chi connectivity index (χ0v) is 27.3. The van der Waals surface area contributed by atoms with Crippen molar-refractivity contribution in [1.82, 2.24) is 8.36 Å². The van der Waals surface area contributed by atoms with E-state index in [0.717, 1.165) is 4.79 Å². The fraction of sp³-hybridized carbons (Fsp3) is 1.00. The molecule has 0 saturated carbocycles. The first kappa shape index (κ1) is 24.6. The standard InChI is InChI=1S/C19H46N3Si3.CH3.Sn/c1-17(2,3)20-23(10,11)16(24(12,13)21-18(4,5)6)25(14,15)22-19(7,8)9;;/h16H,1-15H3;1H3;/q-3;;+3. The molecule has 3 aliphatic rings. The van der Waals surface area contributed by atoms with Gasteiger partial charge in [-0.2, -0.15) is 0 Å². The van der Waals surface area contributed by atoms with E-state index in [9.17, 15) is 0 Å². The number of fused-ring (bicyclic) bond motifs is 3. The Hall–Kier alpha value is 1.33. The zero-order valence-electron chi connectivity index (χ0n) is 21.4. The van der Waals surface area contributed by atoms with Crippen LogP contribution in [-0.2, 0) is 0 Å². The Labute approximate surface area is 179 Å². The van der Waals surface area contributed by atoms with Crippen LogP contribution >= 0.6 is 0 Å². The molecule has 3 rings (SSSR count). The molecule has 2 bridgehead atoms. The van der Waals surface area contributed by atoms with E-state index in [1.807, 2.05) is 0 Å². The average molecular weight is 535 g/mol. The van der Waals surface area contributed by atoms with Gasteiger partial charge in [-0.15, -0.1) is 0 Å². The van der Waals surface area contributed by atoms with Gasteiger partial charge in [0.25, 0.3) is 0 Å². The van der Waals surface area contributed by atoms with Crippen molar-refractivity contribution in [2.45, 2.75) is 128 Å². The molecule has 0 N–H and O–H groups in total. The van der Waals surface area contributed by atoms with Crippen LogP contribution in [0.2, 0.25) is 49.0 Å². The number of hydrogen-bond acceptors (Lipinski definition) is 3. The molecule has 3 aliphatic heterocycles. The molecule has 3 fully saturated rings. The SMILES string of the molecule is CC(C)(C)[N]1[Si](C)(C)C2[Si](C)(C)[N](C(C)(C)C)[Sn]1([CH3])[N](C(C)(C)C)[Si]2(C)C. The Morgan fingerprint density at radius 3 is 0.852 bits per heavy atom. The van der Waals surface area contributed by atoms with Crippen LogP contribution in [-0.4, -0.2) is 68.9 Å². The summed E-state index contributed by atoms with van der Waals surface area (Å²) in [5, 5.41) is 0. The molecule has 0 atom stereocenters. The van der Waals surface area contributed by atoms with Crippen molar-refractivity contribution in [3.05, 3.63) is 0 Å². The van der Waals surface area contributed by atoms with E-state index in [1.54, 1.807) is 0 Å². The summed E-state index contributed by atoms with van der Waals surface area (Å²) in [5.74, 6) is 0. The molecule has 0 amide bonds. The summed E-state index contributed by atoms with van der Waals surface area (Å²) in [7, 11) is -4.66. The van der Waals surface area contributed by atoms with E-state index < -0.39 is 43.9 Å². The maximum absolute atomic E-state index is 3.24. The van der Waals surface area contributed by atoms with E-state index in [-0.39, 0.29) is 16.6 Å². The van der Waals surface area contributed by atoms with Crippen molar-refractivity contribution in [2.24, 2.45) is 0 Å². The molecule has 0 aromatic rings. The molecule has 0 aliphatic carbocycles. The quantitative estimate of drug-likeness (QED) is 0.356. The van der Waals surface area contributed by atoms with Gasteiger partial charge in [0.15, 0.2) is 0 Å². The second-order valence-corrected chi connectivity index (χ2v) is 41.8. The summed E-state index contributed by atoms with van der Waals surface area (Å²) in [6, 6.07) is 0. The van der Waals surface area contributed by atoms with Crippen molar-refractivity contribution in [3.63, 3.8) is 0 Å². The van der Waals surface area contributed by atoms with Crippen LogP contribution in [0.25, 0.3) is 0 Å². The minimum absolute atomic E-state index is 0.252. The van der Waals surface area contributed by atoms with Crippen LogP contribution in [0.5, 0.6) is 0 Å². The third-order valence-electron chi connectivity index (χ3n) is 7.13. The van der Waals surface area contributed by atoms with Crippen LogP contribution in [0, 0.1) is 0 Å². The van der Waals surface area contributed by atoms with E-state index in [2.05, 4.69) is 115 Å². The molecule has 0 aromatic carbocycles. The summed E-state index contributed by atoms with van der Waals surface area (Å²) in [6.07, 6.45) is 0. The van der Waals surface area contributed by atoms with Crippen molar-refractivity contribution < 1.29 is 0 Å². The third kappa shape index (κ3) is 3.26. The molecule has 0 unspecified atom stereocenters. The van der Waals surface area contributed by atoms with Gasteiger partial charge in [-0.25, -0.2) is 0 Å². The Morgan fingerprint density at radius 2 is 0.704 bits per heavy atom. The van der Waals surface area contributed by atoms with Crippen LogP contribution in [0.4, 0.5) is 0 Å². The van der Waals surface area contributed by atoms with Gasteiger partial charge in [-0.1, -0.05) is 0 Å². The molecule has 3 saturated heterocycles. The van der Waals surface area contributed by atoms with Crippen LogP contribution in [0.3, 0.4) is 0 Å². The van der Waals surface area contributed by atoms with Crippen molar-refractivity contribution in [3.8, 4) is 0 Å². The van der Waals surface area contributed by atoms with E-state index in [1.165, 1.54) is 0 Å². The molecule has 0 spiro atoms. The molecule has 0 aromatic heterocycles. The Kier molecular flexibility index (Phi) is 5.64. The first-order valence-electron chi connectivity index (χ1n) is 10.9. The van der Waals surface area contributed by atoms with Gasteiger partial charge in [-0.05, 0) is 0 Å². The van der Waals surface area contributed by atoms with Gasteiger partial charge in [0.05, 0.1) is 0 Å². The monoisotopic (exact) mass is 535 g/mol. The molecule has 0 radical (unpaired) electrons. The molecular weight excluding hydrogens is 485 g/mol. The molecule has 3 heterocycles. The average Bonchev–Trinajstić information content (AvgIpc) is 2.12. The Bertz CT molecular complexity index is 516.